The van der Waals surface area contributed by atoms with Gasteiger partial charge in [-0.15, -0.1) is 11.8 Å². The van der Waals surface area contributed by atoms with Crippen molar-refractivity contribution >= 4 is 17.7 Å². The third-order valence-corrected chi connectivity index (χ3v) is 4.52. The van der Waals surface area contributed by atoms with E-state index in [2.05, 4.69) is 18.2 Å². The Bertz CT molecular complexity index is 443. The maximum atomic E-state index is 12.2. The highest BCUT2D eigenvalue weighted by atomic mass is 32.2. The molecule has 0 saturated carbocycles. The number of thioether (sulfide) groups is 1. The van der Waals surface area contributed by atoms with Crippen LogP contribution in [0.3, 0.4) is 0 Å². The number of amides is 1. The van der Waals surface area contributed by atoms with Crippen LogP contribution < -0.4 is 0 Å². The van der Waals surface area contributed by atoms with Crippen molar-refractivity contribution in [3.05, 3.63) is 35.4 Å². The van der Waals surface area contributed by atoms with Crippen LogP contribution in [0.15, 0.2) is 24.3 Å². The lowest BCUT2D eigenvalue weighted by molar-refractivity contribution is -0.133. The number of carbonyl (C=O) groups is 1. The summed E-state index contributed by atoms with van der Waals surface area (Å²) in [7, 11) is 0. The van der Waals surface area contributed by atoms with Gasteiger partial charge in [0.1, 0.15) is 0 Å². The number of hydrogen-bond acceptors (Lipinski definition) is 3. The van der Waals surface area contributed by atoms with E-state index in [1.165, 1.54) is 11.1 Å². The van der Waals surface area contributed by atoms with Crippen LogP contribution in [0.2, 0.25) is 0 Å². The van der Waals surface area contributed by atoms with Gasteiger partial charge in [0.15, 0.2) is 0 Å². The van der Waals surface area contributed by atoms with E-state index in [-0.39, 0.29) is 12.0 Å². The van der Waals surface area contributed by atoms with Crippen LogP contribution in [0.5, 0.6) is 0 Å². The normalized spacial score (nSPS) is 22.9. The molecule has 0 bridgehead atoms. The van der Waals surface area contributed by atoms with Crippen molar-refractivity contribution in [1.82, 2.24) is 4.90 Å². The van der Waals surface area contributed by atoms with Gasteiger partial charge in [-0.1, -0.05) is 24.3 Å². The van der Waals surface area contributed by atoms with E-state index < -0.39 is 0 Å². The van der Waals surface area contributed by atoms with Crippen LogP contribution in [0.1, 0.15) is 23.7 Å². The van der Waals surface area contributed by atoms with Crippen molar-refractivity contribution < 1.29 is 9.53 Å². The smallest absolute Gasteiger partial charge is 0.226 e. The second-order valence-corrected chi connectivity index (χ2v) is 5.78. The first-order valence-corrected chi connectivity index (χ1v) is 7.55. The highest BCUT2D eigenvalue weighted by Gasteiger charge is 2.26. The molecule has 4 heteroatoms. The molecule has 1 fully saturated rings. The van der Waals surface area contributed by atoms with Crippen LogP contribution >= 0.6 is 11.8 Å². The number of rotatable bonds is 2. The fraction of sp³-hybridized carbons (Fsp3) is 0.500. The molecule has 2 aliphatic rings. The largest absolute Gasteiger partial charge is 0.373 e. The van der Waals surface area contributed by atoms with Gasteiger partial charge in [-0.3, -0.25) is 4.79 Å². The molecule has 1 aromatic rings. The zero-order chi connectivity index (χ0) is 12.4. The first-order valence-electron chi connectivity index (χ1n) is 6.39. The average Bonchev–Trinajstić information content (AvgIpc) is 2.93. The molecule has 2 heterocycles. The van der Waals surface area contributed by atoms with Gasteiger partial charge in [0.05, 0.1) is 25.0 Å². The molecular formula is C14H17NO2S. The van der Waals surface area contributed by atoms with Crippen molar-refractivity contribution in [3.8, 4) is 0 Å². The number of fused-ring (bicyclic) bond motifs is 1. The zero-order valence-corrected chi connectivity index (χ0v) is 11.1. The van der Waals surface area contributed by atoms with Crippen LogP contribution in [0.4, 0.5) is 0 Å². The molecule has 0 spiro atoms. The lowest BCUT2D eigenvalue weighted by Gasteiger charge is -2.27. The molecule has 0 aromatic heterocycles. The van der Waals surface area contributed by atoms with Gasteiger partial charge < -0.3 is 9.64 Å². The fourth-order valence-electron chi connectivity index (χ4n) is 2.54. The molecule has 0 radical (unpaired) electrons. The van der Waals surface area contributed by atoms with Crippen LogP contribution in [-0.2, 0) is 16.0 Å². The minimum absolute atomic E-state index is 0.0481. The summed E-state index contributed by atoms with van der Waals surface area (Å²) in [5.41, 5.74) is 2.53. The van der Waals surface area contributed by atoms with Gasteiger partial charge in [0, 0.05) is 12.3 Å². The molecule has 1 amide bonds. The maximum Gasteiger partial charge on any atom is 0.226 e. The summed E-state index contributed by atoms with van der Waals surface area (Å²) in [6.45, 7) is 1.61. The molecule has 3 nitrogen and oxygen atoms in total. The Morgan fingerprint density at radius 1 is 1.44 bits per heavy atom. The molecular weight excluding hydrogens is 246 g/mol. The highest BCUT2D eigenvalue weighted by molar-refractivity contribution is 7.99. The van der Waals surface area contributed by atoms with Gasteiger partial charge in [-0.05, 0) is 17.5 Å². The SMILES string of the molecule is O=C(CC1OCCc2ccccc21)N1CCSC1. The summed E-state index contributed by atoms with van der Waals surface area (Å²) >= 11 is 1.82. The average molecular weight is 263 g/mol. The summed E-state index contributed by atoms with van der Waals surface area (Å²) in [5, 5.41) is 0. The van der Waals surface area contributed by atoms with Gasteiger partial charge in [0.25, 0.3) is 0 Å². The van der Waals surface area contributed by atoms with Gasteiger partial charge in [-0.2, -0.15) is 0 Å². The molecule has 2 aliphatic heterocycles. The van der Waals surface area contributed by atoms with Gasteiger partial charge in [0.2, 0.25) is 5.91 Å². The summed E-state index contributed by atoms with van der Waals surface area (Å²) < 4.78 is 5.78. The van der Waals surface area contributed by atoms with E-state index >= 15 is 0 Å². The molecule has 1 atom stereocenters. The Morgan fingerprint density at radius 3 is 3.17 bits per heavy atom. The number of hydrogen-bond donors (Lipinski definition) is 0. The number of carbonyl (C=O) groups excluding carboxylic acids is 1. The monoisotopic (exact) mass is 263 g/mol. The maximum absolute atomic E-state index is 12.2. The lowest BCUT2D eigenvalue weighted by Crippen LogP contribution is -2.30. The first kappa shape index (κ1) is 12.1. The Balaban J connectivity index is 1.72. The minimum Gasteiger partial charge on any atom is -0.373 e. The Hall–Kier alpha value is -1.000. The van der Waals surface area contributed by atoms with Crippen molar-refractivity contribution in [2.75, 3.05) is 24.8 Å². The Morgan fingerprint density at radius 2 is 2.33 bits per heavy atom. The molecule has 3 rings (SSSR count). The topological polar surface area (TPSA) is 29.5 Å². The molecule has 18 heavy (non-hydrogen) atoms. The number of benzene rings is 1. The summed E-state index contributed by atoms with van der Waals surface area (Å²) in [6.07, 6.45) is 1.39. The third kappa shape index (κ3) is 2.40. The van der Waals surface area contributed by atoms with Crippen molar-refractivity contribution in [2.45, 2.75) is 18.9 Å². The van der Waals surface area contributed by atoms with Crippen LogP contribution in [0, 0.1) is 0 Å². The first-order chi connectivity index (χ1) is 8.84. The molecule has 1 saturated heterocycles. The van der Waals surface area contributed by atoms with Crippen molar-refractivity contribution in [2.24, 2.45) is 0 Å². The minimum atomic E-state index is -0.0481. The van der Waals surface area contributed by atoms with Crippen molar-refractivity contribution in [3.63, 3.8) is 0 Å². The number of ether oxygens (including phenoxy) is 1. The second-order valence-electron chi connectivity index (χ2n) is 4.71. The van der Waals surface area contributed by atoms with Crippen LogP contribution in [-0.4, -0.2) is 35.6 Å². The molecule has 96 valence electrons. The summed E-state index contributed by atoms with van der Waals surface area (Å²) in [6, 6.07) is 8.31. The predicted molar refractivity (Wildman–Crippen MR) is 72.5 cm³/mol. The predicted octanol–water partition coefficient (Wildman–Crippen LogP) is 2.22. The van der Waals surface area contributed by atoms with Gasteiger partial charge in [-0.25, -0.2) is 0 Å². The van der Waals surface area contributed by atoms with Crippen molar-refractivity contribution in [1.29, 1.82) is 0 Å². The number of nitrogens with zero attached hydrogens (tertiary/aromatic N) is 1. The standard InChI is InChI=1S/C14H17NO2S/c16-14(15-6-8-18-10-15)9-13-12-4-2-1-3-11(12)5-7-17-13/h1-4,13H,5-10H2. The zero-order valence-electron chi connectivity index (χ0n) is 10.3. The molecule has 1 unspecified atom stereocenters. The molecule has 1 aromatic carbocycles. The summed E-state index contributed by atoms with van der Waals surface area (Å²) in [4.78, 5) is 14.1. The summed E-state index contributed by atoms with van der Waals surface area (Å²) in [5.74, 6) is 2.13. The van der Waals surface area contributed by atoms with E-state index in [0.717, 1.165) is 31.2 Å². The molecule has 0 N–H and O–H groups in total. The Labute approximate surface area is 111 Å². The van der Waals surface area contributed by atoms with E-state index in [0.29, 0.717) is 6.42 Å². The highest BCUT2D eigenvalue weighted by Crippen LogP contribution is 2.30. The lowest BCUT2D eigenvalue weighted by atomic mass is 9.95. The second kappa shape index (κ2) is 5.33. The quantitative estimate of drug-likeness (QED) is 0.819. The Kier molecular flexibility index (Phi) is 3.57. The molecule has 0 aliphatic carbocycles. The van der Waals surface area contributed by atoms with Crippen LogP contribution in [0.25, 0.3) is 0 Å². The van der Waals surface area contributed by atoms with E-state index in [9.17, 15) is 4.79 Å². The fourth-order valence-corrected chi connectivity index (χ4v) is 3.52. The van der Waals surface area contributed by atoms with E-state index in [4.69, 9.17) is 4.74 Å². The van der Waals surface area contributed by atoms with E-state index in [1.807, 2.05) is 22.7 Å². The van der Waals surface area contributed by atoms with E-state index in [1.54, 1.807) is 0 Å². The third-order valence-electron chi connectivity index (χ3n) is 3.56. The van der Waals surface area contributed by atoms with Gasteiger partial charge >= 0.3 is 0 Å².